The molecule has 2 rings (SSSR count). The molecule has 0 amide bonds. The van der Waals surface area contributed by atoms with E-state index < -0.39 is 0 Å². The highest BCUT2D eigenvalue weighted by molar-refractivity contribution is 5.63. The van der Waals surface area contributed by atoms with Crippen molar-refractivity contribution in [1.29, 1.82) is 0 Å². The van der Waals surface area contributed by atoms with E-state index in [1.807, 2.05) is 31.2 Å². The fourth-order valence-corrected chi connectivity index (χ4v) is 1.58. The van der Waals surface area contributed by atoms with Gasteiger partial charge in [0.1, 0.15) is 5.82 Å². The van der Waals surface area contributed by atoms with Gasteiger partial charge in [0, 0.05) is 17.8 Å². The SMILES string of the molecule is C[C@H](N)c1ccc(-c2ccncc2F)cc1. The third-order valence-corrected chi connectivity index (χ3v) is 2.52. The first-order chi connectivity index (χ1) is 7.68. The molecule has 1 heterocycles. The van der Waals surface area contributed by atoms with Crippen LogP contribution in [0.3, 0.4) is 0 Å². The number of hydrogen-bond acceptors (Lipinski definition) is 2. The van der Waals surface area contributed by atoms with Crippen LogP contribution < -0.4 is 5.73 Å². The van der Waals surface area contributed by atoms with Crippen LogP contribution >= 0.6 is 0 Å². The summed E-state index contributed by atoms with van der Waals surface area (Å²) in [6, 6.07) is 9.24. The minimum absolute atomic E-state index is 0.00339. The van der Waals surface area contributed by atoms with Crippen molar-refractivity contribution in [2.45, 2.75) is 13.0 Å². The van der Waals surface area contributed by atoms with Crippen LogP contribution in [0.5, 0.6) is 0 Å². The predicted molar refractivity (Wildman–Crippen MR) is 62.2 cm³/mol. The Labute approximate surface area is 93.9 Å². The van der Waals surface area contributed by atoms with E-state index in [-0.39, 0.29) is 11.9 Å². The Bertz CT molecular complexity index is 478. The van der Waals surface area contributed by atoms with Crippen molar-refractivity contribution in [2.24, 2.45) is 5.73 Å². The number of pyridine rings is 1. The Morgan fingerprint density at radius 2 is 1.88 bits per heavy atom. The highest BCUT2D eigenvalue weighted by Gasteiger charge is 2.05. The molecule has 16 heavy (non-hydrogen) atoms. The number of benzene rings is 1. The van der Waals surface area contributed by atoms with Gasteiger partial charge in [-0.1, -0.05) is 24.3 Å². The van der Waals surface area contributed by atoms with Gasteiger partial charge in [-0.15, -0.1) is 0 Å². The molecule has 3 heteroatoms. The van der Waals surface area contributed by atoms with E-state index >= 15 is 0 Å². The quantitative estimate of drug-likeness (QED) is 0.838. The molecular weight excluding hydrogens is 203 g/mol. The summed E-state index contributed by atoms with van der Waals surface area (Å²) >= 11 is 0. The summed E-state index contributed by atoms with van der Waals surface area (Å²) in [6.45, 7) is 1.92. The van der Waals surface area contributed by atoms with Gasteiger partial charge in [0.05, 0.1) is 6.20 Å². The van der Waals surface area contributed by atoms with Crippen molar-refractivity contribution < 1.29 is 4.39 Å². The van der Waals surface area contributed by atoms with E-state index in [0.717, 1.165) is 11.1 Å². The fraction of sp³-hybridized carbons (Fsp3) is 0.154. The summed E-state index contributed by atoms with van der Waals surface area (Å²) in [5, 5.41) is 0. The van der Waals surface area contributed by atoms with Gasteiger partial charge in [-0.05, 0) is 24.1 Å². The van der Waals surface area contributed by atoms with Crippen LogP contribution in [-0.2, 0) is 0 Å². The first-order valence-corrected chi connectivity index (χ1v) is 5.14. The minimum Gasteiger partial charge on any atom is -0.324 e. The van der Waals surface area contributed by atoms with Gasteiger partial charge in [-0.25, -0.2) is 4.39 Å². The van der Waals surface area contributed by atoms with Gasteiger partial charge in [0.2, 0.25) is 0 Å². The first-order valence-electron chi connectivity index (χ1n) is 5.14. The molecule has 0 fully saturated rings. The monoisotopic (exact) mass is 216 g/mol. The zero-order valence-electron chi connectivity index (χ0n) is 9.02. The molecule has 0 unspecified atom stereocenters. The van der Waals surface area contributed by atoms with Gasteiger partial charge in [-0.2, -0.15) is 0 Å². The number of halogens is 1. The number of hydrogen-bond donors (Lipinski definition) is 1. The van der Waals surface area contributed by atoms with Crippen LogP contribution in [-0.4, -0.2) is 4.98 Å². The maximum absolute atomic E-state index is 13.4. The third-order valence-electron chi connectivity index (χ3n) is 2.52. The second kappa shape index (κ2) is 4.41. The highest BCUT2D eigenvalue weighted by Crippen LogP contribution is 2.23. The molecule has 2 N–H and O–H groups in total. The summed E-state index contributed by atoms with van der Waals surface area (Å²) in [5.74, 6) is -0.309. The van der Waals surface area contributed by atoms with Crippen molar-refractivity contribution in [3.8, 4) is 11.1 Å². The molecule has 1 aromatic heterocycles. The lowest BCUT2D eigenvalue weighted by molar-refractivity contribution is 0.625. The zero-order chi connectivity index (χ0) is 11.5. The second-order valence-electron chi connectivity index (χ2n) is 3.77. The van der Waals surface area contributed by atoms with Crippen LogP contribution in [0.1, 0.15) is 18.5 Å². The van der Waals surface area contributed by atoms with Gasteiger partial charge >= 0.3 is 0 Å². The average Bonchev–Trinajstić information content (AvgIpc) is 2.30. The van der Waals surface area contributed by atoms with E-state index in [9.17, 15) is 4.39 Å². The van der Waals surface area contributed by atoms with Crippen LogP contribution in [0.2, 0.25) is 0 Å². The Balaban J connectivity index is 2.39. The summed E-state index contributed by atoms with van der Waals surface area (Å²) in [6.07, 6.45) is 2.80. The maximum Gasteiger partial charge on any atom is 0.149 e. The van der Waals surface area contributed by atoms with E-state index in [4.69, 9.17) is 5.73 Å². The molecule has 1 aromatic carbocycles. The lowest BCUT2D eigenvalue weighted by Gasteiger charge is -2.07. The normalized spacial score (nSPS) is 12.4. The standard InChI is InChI=1S/C13H13FN2/c1-9(15)10-2-4-11(5-3-10)12-6-7-16-8-13(12)14/h2-9H,15H2,1H3/t9-/m0/s1. The number of nitrogens with two attached hydrogens (primary N) is 1. The van der Waals surface area contributed by atoms with E-state index in [2.05, 4.69) is 4.98 Å². The summed E-state index contributed by atoms with van der Waals surface area (Å²) < 4.78 is 13.4. The topological polar surface area (TPSA) is 38.9 Å². The van der Waals surface area contributed by atoms with Gasteiger partial charge < -0.3 is 5.73 Å². The predicted octanol–water partition coefficient (Wildman–Crippen LogP) is 2.91. The van der Waals surface area contributed by atoms with Crippen molar-refractivity contribution in [3.63, 3.8) is 0 Å². The van der Waals surface area contributed by atoms with Crippen molar-refractivity contribution in [3.05, 3.63) is 54.1 Å². The Morgan fingerprint density at radius 3 is 2.44 bits per heavy atom. The molecule has 0 aliphatic carbocycles. The molecule has 0 saturated heterocycles. The summed E-state index contributed by atoms with van der Waals surface area (Å²) in [7, 11) is 0. The average molecular weight is 216 g/mol. The Hall–Kier alpha value is -1.74. The maximum atomic E-state index is 13.4. The summed E-state index contributed by atoms with van der Waals surface area (Å²) in [4.78, 5) is 3.72. The Morgan fingerprint density at radius 1 is 1.19 bits per heavy atom. The van der Waals surface area contributed by atoms with Crippen molar-refractivity contribution in [2.75, 3.05) is 0 Å². The first kappa shape index (κ1) is 10.8. The van der Waals surface area contributed by atoms with Crippen molar-refractivity contribution >= 4 is 0 Å². The molecule has 0 bridgehead atoms. The molecule has 0 saturated carbocycles. The molecule has 0 spiro atoms. The van der Waals surface area contributed by atoms with Gasteiger partial charge in [-0.3, -0.25) is 4.98 Å². The molecule has 1 atom stereocenters. The van der Waals surface area contributed by atoms with Crippen LogP contribution in [0.4, 0.5) is 4.39 Å². The zero-order valence-corrected chi connectivity index (χ0v) is 9.02. The number of nitrogens with zero attached hydrogens (tertiary/aromatic N) is 1. The van der Waals surface area contributed by atoms with Crippen molar-refractivity contribution in [1.82, 2.24) is 4.98 Å². The third kappa shape index (κ3) is 2.09. The van der Waals surface area contributed by atoms with E-state index in [1.54, 1.807) is 12.3 Å². The Kier molecular flexibility index (Phi) is 2.97. The largest absolute Gasteiger partial charge is 0.324 e. The highest BCUT2D eigenvalue weighted by atomic mass is 19.1. The lowest BCUT2D eigenvalue weighted by Crippen LogP contribution is -2.04. The number of rotatable bonds is 2. The second-order valence-corrected chi connectivity index (χ2v) is 3.77. The van der Waals surface area contributed by atoms with E-state index in [0.29, 0.717) is 5.56 Å². The number of aromatic nitrogens is 1. The van der Waals surface area contributed by atoms with Crippen LogP contribution in [0, 0.1) is 5.82 Å². The summed E-state index contributed by atoms with van der Waals surface area (Å²) in [5.41, 5.74) is 8.19. The van der Waals surface area contributed by atoms with E-state index in [1.165, 1.54) is 6.20 Å². The fourth-order valence-electron chi connectivity index (χ4n) is 1.58. The van der Waals surface area contributed by atoms with Crippen LogP contribution in [0.15, 0.2) is 42.7 Å². The van der Waals surface area contributed by atoms with Crippen LogP contribution in [0.25, 0.3) is 11.1 Å². The molecule has 0 aliphatic heterocycles. The van der Waals surface area contributed by atoms with Gasteiger partial charge in [0.15, 0.2) is 0 Å². The molecular formula is C13H13FN2. The molecule has 2 aromatic rings. The molecule has 2 nitrogen and oxygen atoms in total. The lowest BCUT2D eigenvalue weighted by atomic mass is 10.0. The molecule has 82 valence electrons. The van der Waals surface area contributed by atoms with Gasteiger partial charge in [0.25, 0.3) is 0 Å². The smallest absolute Gasteiger partial charge is 0.149 e. The minimum atomic E-state index is -0.309. The molecule has 0 radical (unpaired) electrons. The molecule has 0 aliphatic rings.